The number of hydrogen-bond acceptors (Lipinski definition) is 5. The Bertz CT molecular complexity index is 1010. The number of rotatable bonds is 6. The molecular formula is C23H34N6OS. The average molecular weight is 443 g/mol. The molecule has 2 saturated heterocycles. The van der Waals surface area contributed by atoms with Crippen LogP contribution in [0.25, 0.3) is 0 Å². The molecule has 31 heavy (non-hydrogen) atoms. The molecule has 1 aromatic heterocycles. The summed E-state index contributed by atoms with van der Waals surface area (Å²) in [5.41, 5.74) is 6.95. The van der Waals surface area contributed by atoms with E-state index in [2.05, 4.69) is 59.2 Å². The number of nitrogens with zero attached hydrogens (tertiary/aromatic N) is 4. The average Bonchev–Trinajstić information content (AvgIpc) is 3.45. The van der Waals surface area contributed by atoms with Crippen molar-refractivity contribution >= 4 is 22.6 Å². The summed E-state index contributed by atoms with van der Waals surface area (Å²) < 4.78 is 15.1. The SMILES string of the molecule is CCc1c(C)cc2c(c1Nc1n[nH]c(S(=O)N3CC4(CCN(C(C)C)C4)C3)n1)CCC2. The van der Waals surface area contributed by atoms with Crippen LogP contribution < -0.4 is 5.32 Å². The van der Waals surface area contributed by atoms with Gasteiger partial charge in [0, 0.05) is 36.8 Å². The molecule has 1 atom stereocenters. The lowest BCUT2D eigenvalue weighted by Crippen LogP contribution is -2.58. The number of anilines is 2. The van der Waals surface area contributed by atoms with E-state index in [-0.39, 0.29) is 0 Å². The quantitative estimate of drug-likeness (QED) is 0.717. The van der Waals surface area contributed by atoms with E-state index in [1.807, 2.05) is 4.31 Å². The third-order valence-electron chi connectivity index (χ3n) is 7.41. The van der Waals surface area contributed by atoms with Crippen molar-refractivity contribution < 1.29 is 4.21 Å². The van der Waals surface area contributed by atoms with E-state index in [9.17, 15) is 4.21 Å². The van der Waals surface area contributed by atoms with Crippen LogP contribution in [-0.4, -0.2) is 60.8 Å². The number of fused-ring (bicyclic) bond motifs is 1. The van der Waals surface area contributed by atoms with E-state index in [1.54, 1.807) is 0 Å². The fraction of sp³-hybridized carbons (Fsp3) is 0.652. The second kappa shape index (κ2) is 7.98. The second-order valence-electron chi connectivity index (χ2n) is 9.84. The summed E-state index contributed by atoms with van der Waals surface area (Å²) in [5, 5.41) is 11.2. The fourth-order valence-electron chi connectivity index (χ4n) is 5.65. The van der Waals surface area contributed by atoms with Crippen LogP contribution in [0, 0.1) is 12.3 Å². The molecule has 1 aromatic carbocycles. The van der Waals surface area contributed by atoms with E-state index in [0.717, 1.165) is 51.1 Å². The maximum atomic E-state index is 13.1. The molecule has 0 radical (unpaired) electrons. The maximum absolute atomic E-state index is 13.1. The number of nitrogens with one attached hydrogen (secondary N) is 2. The molecular weight excluding hydrogens is 408 g/mol. The van der Waals surface area contributed by atoms with Gasteiger partial charge >= 0.3 is 0 Å². The van der Waals surface area contributed by atoms with Crippen molar-refractivity contribution in [3.63, 3.8) is 0 Å². The van der Waals surface area contributed by atoms with E-state index >= 15 is 0 Å². The molecule has 8 heteroatoms. The van der Waals surface area contributed by atoms with Crippen molar-refractivity contribution in [2.24, 2.45) is 5.41 Å². The normalized spacial score (nSPS) is 21.6. The molecule has 168 valence electrons. The molecule has 2 aliphatic heterocycles. The number of likely N-dealkylation sites (tertiary alicyclic amines) is 1. The van der Waals surface area contributed by atoms with E-state index in [4.69, 9.17) is 0 Å². The molecule has 1 spiro atoms. The van der Waals surface area contributed by atoms with Gasteiger partial charge in [-0.1, -0.05) is 13.0 Å². The first-order valence-electron chi connectivity index (χ1n) is 11.6. The first-order valence-corrected chi connectivity index (χ1v) is 12.7. The van der Waals surface area contributed by atoms with Crippen LogP contribution in [-0.2, 0) is 30.2 Å². The first-order chi connectivity index (χ1) is 14.9. The zero-order valence-electron chi connectivity index (χ0n) is 19.1. The number of aromatic nitrogens is 3. The Labute approximate surface area is 187 Å². The predicted molar refractivity (Wildman–Crippen MR) is 124 cm³/mol. The van der Waals surface area contributed by atoms with Gasteiger partial charge in [0.15, 0.2) is 11.0 Å². The molecule has 0 saturated carbocycles. The van der Waals surface area contributed by atoms with Crippen LogP contribution in [0.2, 0.25) is 0 Å². The third-order valence-corrected chi connectivity index (χ3v) is 8.65. The topological polar surface area (TPSA) is 77.2 Å². The molecule has 0 bridgehead atoms. The van der Waals surface area contributed by atoms with Crippen molar-refractivity contribution in [1.82, 2.24) is 24.4 Å². The van der Waals surface area contributed by atoms with Crippen LogP contribution >= 0.6 is 0 Å². The summed E-state index contributed by atoms with van der Waals surface area (Å²) in [6, 6.07) is 2.92. The molecule has 2 aromatic rings. The lowest BCUT2D eigenvalue weighted by Gasteiger charge is -2.46. The number of H-pyrrole nitrogens is 1. The lowest BCUT2D eigenvalue weighted by atomic mass is 9.81. The molecule has 3 heterocycles. The molecule has 1 unspecified atom stereocenters. The fourth-order valence-corrected chi connectivity index (χ4v) is 6.96. The van der Waals surface area contributed by atoms with Gasteiger partial charge in [0.2, 0.25) is 11.1 Å². The minimum Gasteiger partial charge on any atom is -0.322 e. The highest BCUT2D eigenvalue weighted by atomic mass is 32.2. The summed E-state index contributed by atoms with van der Waals surface area (Å²) in [7, 11) is -1.29. The van der Waals surface area contributed by atoms with Crippen LogP contribution in [0.15, 0.2) is 11.2 Å². The molecule has 0 amide bonds. The Morgan fingerprint density at radius 1 is 1.29 bits per heavy atom. The number of aromatic amines is 1. The van der Waals surface area contributed by atoms with Gasteiger partial charge in [-0.15, -0.1) is 5.10 Å². The third kappa shape index (κ3) is 3.72. The van der Waals surface area contributed by atoms with Gasteiger partial charge in [-0.05, 0) is 81.7 Å². The summed E-state index contributed by atoms with van der Waals surface area (Å²) in [4.78, 5) is 7.10. The summed E-state index contributed by atoms with van der Waals surface area (Å²) in [6.45, 7) is 12.9. The van der Waals surface area contributed by atoms with Gasteiger partial charge in [0.05, 0.1) is 0 Å². The highest BCUT2D eigenvalue weighted by Crippen LogP contribution is 2.41. The van der Waals surface area contributed by atoms with Crippen molar-refractivity contribution in [2.45, 2.75) is 71.0 Å². The van der Waals surface area contributed by atoms with Gasteiger partial charge in [-0.3, -0.25) is 0 Å². The Morgan fingerprint density at radius 2 is 2.10 bits per heavy atom. The Kier molecular flexibility index (Phi) is 5.43. The van der Waals surface area contributed by atoms with Crippen molar-refractivity contribution in [3.05, 3.63) is 28.3 Å². The van der Waals surface area contributed by atoms with Crippen LogP contribution in [0.5, 0.6) is 0 Å². The highest BCUT2D eigenvalue weighted by Gasteiger charge is 2.50. The minimum atomic E-state index is -1.29. The molecule has 1 aliphatic carbocycles. The molecule has 3 aliphatic rings. The summed E-state index contributed by atoms with van der Waals surface area (Å²) in [6.07, 6.45) is 5.60. The second-order valence-corrected chi connectivity index (χ2v) is 11.2. The minimum absolute atomic E-state index is 0.305. The zero-order valence-corrected chi connectivity index (χ0v) is 19.9. The van der Waals surface area contributed by atoms with Gasteiger partial charge in [0.1, 0.15) is 0 Å². The van der Waals surface area contributed by atoms with E-state index < -0.39 is 11.0 Å². The lowest BCUT2D eigenvalue weighted by molar-refractivity contribution is 0.0778. The van der Waals surface area contributed by atoms with Gasteiger partial charge in [-0.25, -0.2) is 13.6 Å². The van der Waals surface area contributed by atoms with Crippen LogP contribution in [0.4, 0.5) is 11.6 Å². The standard InChI is InChI=1S/C23H34N6OS/c1-5-18-16(4)11-17-7-6-8-19(17)20(18)24-21-25-22(27-26-21)31(30)29-13-23(14-29)9-10-28(12-23)15(2)3/h11,15H,5-10,12-14H2,1-4H3,(H2,24,25,26,27). The predicted octanol–water partition coefficient (Wildman–Crippen LogP) is 3.35. The first kappa shape index (κ1) is 21.1. The zero-order chi connectivity index (χ0) is 21.8. The summed E-state index contributed by atoms with van der Waals surface area (Å²) in [5.74, 6) is 0.514. The summed E-state index contributed by atoms with van der Waals surface area (Å²) >= 11 is 0. The van der Waals surface area contributed by atoms with Crippen molar-refractivity contribution in [3.8, 4) is 0 Å². The Hall–Kier alpha value is -1.77. The highest BCUT2D eigenvalue weighted by molar-refractivity contribution is 7.82. The van der Waals surface area contributed by atoms with E-state index in [0.29, 0.717) is 22.6 Å². The van der Waals surface area contributed by atoms with Crippen molar-refractivity contribution in [1.29, 1.82) is 0 Å². The van der Waals surface area contributed by atoms with Crippen LogP contribution in [0.3, 0.4) is 0 Å². The van der Waals surface area contributed by atoms with Gasteiger partial charge < -0.3 is 10.2 Å². The van der Waals surface area contributed by atoms with Gasteiger partial charge in [-0.2, -0.15) is 4.98 Å². The Balaban J connectivity index is 1.28. The molecule has 7 nitrogen and oxygen atoms in total. The molecule has 2 N–H and O–H groups in total. The number of hydrogen-bond donors (Lipinski definition) is 2. The maximum Gasteiger partial charge on any atom is 0.247 e. The monoisotopic (exact) mass is 442 g/mol. The molecule has 2 fully saturated rings. The number of benzene rings is 1. The number of aryl methyl sites for hydroxylation is 2. The van der Waals surface area contributed by atoms with Crippen LogP contribution in [0.1, 0.15) is 55.9 Å². The smallest absolute Gasteiger partial charge is 0.247 e. The van der Waals surface area contributed by atoms with Gasteiger partial charge in [0.25, 0.3) is 0 Å². The molecule has 5 rings (SSSR count). The Morgan fingerprint density at radius 3 is 2.81 bits per heavy atom. The largest absolute Gasteiger partial charge is 0.322 e. The van der Waals surface area contributed by atoms with Crippen molar-refractivity contribution in [2.75, 3.05) is 31.5 Å². The van der Waals surface area contributed by atoms with E-state index in [1.165, 1.54) is 35.1 Å².